The number of nitrogens with one attached hydrogen (secondary N) is 2. The van der Waals surface area contributed by atoms with Crippen LogP contribution in [0.4, 0.5) is 5.82 Å². The molecule has 2 aromatic heterocycles. The molecule has 2 fully saturated rings. The van der Waals surface area contributed by atoms with Crippen molar-refractivity contribution in [2.75, 3.05) is 24.5 Å². The van der Waals surface area contributed by atoms with Crippen molar-refractivity contribution in [2.24, 2.45) is 5.92 Å². The van der Waals surface area contributed by atoms with Crippen molar-refractivity contribution < 1.29 is 0 Å². The molecule has 2 aromatic rings. The second-order valence-corrected chi connectivity index (χ2v) is 6.15. The number of aromatic nitrogens is 4. The smallest absolute Gasteiger partial charge is 0.348 e. The Labute approximate surface area is 122 Å². The molecule has 1 atom stereocenters. The van der Waals surface area contributed by atoms with Crippen molar-refractivity contribution in [2.45, 2.75) is 31.7 Å². The molecule has 1 saturated carbocycles. The van der Waals surface area contributed by atoms with Gasteiger partial charge in [0.1, 0.15) is 12.1 Å². The first kappa shape index (κ1) is 12.8. The second-order valence-electron chi connectivity index (χ2n) is 6.15. The summed E-state index contributed by atoms with van der Waals surface area (Å²) in [4.78, 5) is 18.3. The van der Waals surface area contributed by atoms with Gasteiger partial charge in [0.2, 0.25) is 0 Å². The molecule has 0 amide bonds. The number of fused-ring (bicyclic) bond motifs is 1. The van der Waals surface area contributed by atoms with Gasteiger partial charge in [0.05, 0.1) is 0 Å². The molecule has 1 aliphatic heterocycles. The molecular formula is C14H20N6O. The summed E-state index contributed by atoms with van der Waals surface area (Å²) in [5.41, 5.74) is 0.389. The highest BCUT2D eigenvalue weighted by Gasteiger charge is 2.27. The third-order valence-electron chi connectivity index (χ3n) is 4.40. The molecule has 0 bridgehead atoms. The number of hydrogen-bond donors (Lipinski definition) is 2. The van der Waals surface area contributed by atoms with E-state index in [1.165, 1.54) is 30.1 Å². The van der Waals surface area contributed by atoms with Gasteiger partial charge < -0.3 is 10.2 Å². The first-order valence-corrected chi connectivity index (χ1v) is 7.71. The molecule has 7 heteroatoms. The van der Waals surface area contributed by atoms with Crippen molar-refractivity contribution >= 4 is 11.5 Å². The number of nitrogens with zero attached hydrogens (tertiary/aromatic N) is 4. The highest BCUT2D eigenvalue weighted by atomic mass is 16.1. The van der Waals surface area contributed by atoms with E-state index in [1.807, 2.05) is 6.07 Å². The largest absolute Gasteiger partial charge is 0.355 e. The fourth-order valence-corrected chi connectivity index (χ4v) is 3.03. The molecule has 0 radical (unpaired) electrons. The molecule has 0 aromatic carbocycles. The van der Waals surface area contributed by atoms with Crippen LogP contribution in [0.2, 0.25) is 0 Å². The molecule has 1 aliphatic carbocycles. The predicted molar refractivity (Wildman–Crippen MR) is 79.6 cm³/mol. The summed E-state index contributed by atoms with van der Waals surface area (Å²) in [6.07, 6.45) is 6.68. The summed E-state index contributed by atoms with van der Waals surface area (Å²) in [6.45, 7) is 3.15. The highest BCUT2D eigenvalue weighted by molar-refractivity contribution is 5.50. The van der Waals surface area contributed by atoms with Crippen LogP contribution in [0.1, 0.15) is 25.7 Å². The molecule has 3 heterocycles. The van der Waals surface area contributed by atoms with Crippen molar-refractivity contribution in [1.82, 2.24) is 24.9 Å². The van der Waals surface area contributed by atoms with E-state index in [1.54, 1.807) is 6.33 Å². The van der Waals surface area contributed by atoms with E-state index in [4.69, 9.17) is 0 Å². The third-order valence-corrected chi connectivity index (χ3v) is 4.40. The van der Waals surface area contributed by atoms with Crippen molar-refractivity contribution in [3.8, 4) is 0 Å². The maximum absolute atomic E-state index is 11.5. The van der Waals surface area contributed by atoms with Crippen LogP contribution in [-0.4, -0.2) is 45.3 Å². The summed E-state index contributed by atoms with van der Waals surface area (Å²) in [7, 11) is 0. The fraction of sp³-hybridized carbons (Fsp3) is 0.643. The molecular weight excluding hydrogens is 268 g/mol. The standard InChI is InChI=1S/C14H20N6O/c21-14-18-17-13-6-12(16-9-20(13)14)19(7-10-3-4-10)8-11-2-1-5-15-11/h6,9-11,15H,1-5,7-8H2,(H,18,21). The molecule has 1 unspecified atom stereocenters. The van der Waals surface area contributed by atoms with Crippen LogP contribution >= 0.6 is 0 Å². The minimum atomic E-state index is -0.241. The van der Waals surface area contributed by atoms with Crippen LogP contribution in [0.25, 0.3) is 5.65 Å². The van der Waals surface area contributed by atoms with Crippen LogP contribution in [0.15, 0.2) is 17.2 Å². The van der Waals surface area contributed by atoms with Gasteiger partial charge in [-0.3, -0.25) is 0 Å². The first-order valence-electron chi connectivity index (χ1n) is 7.71. The van der Waals surface area contributed by atoms with Crippen LogP contribution in [0.5, 0.6) is 0 Å². The number of rotatable bonds is 5. The Bertz CT molecular complexity index is 682. The Hall–Kier alpha value is -1.89. The number of hydrogen-bond acceptors (Lipinski definition) is 5. The number of H-pyrrole nitrogens is 1. The average molecular weight is 288 g/mol. The van der Waals surface area contributed by atoms with E-state index in [0.29, 0.717) is 11.7 Å². The van der Waals surface area contributed by atoms with Gasteiger partial charge in [-0.05, 0) is 38.1 Å². The van der Waals surface area contributed by atoms with E-state index < -0.39 is 0 Å². The first-order chi connectivity index (χ1) is 10.3. The Balaban J connectivity index is 1.60. The Kier molecular flexibility index (Phi) is 3.14. The van der Waals surface area contributed by atoms with Crippen molar-refractivity contribution in [3.63, 3.8) is 0 Å². The van der Waals surface area contributed by atoms with Gasteiger partial charge in [0, 0.05) is 25.2 Å². The van der Waals surface area contributed by atoms with Gasteiger partial charge in [-0.1, -0.05) is 0 Å². The zero-order chi connectivity index (χ0) is 14.2. The summed E-state index contributed by atoms with van der Waals surface area (Å²) in [6, 6.07) is 2.44. The van der Waals surface area contributed by atoms with Crippen LogP contribution in [-0.2, 0) is 0 Å². The molecule has 2 N–H and O–H groups in total. The lowest BCUT2D eigenvalue weighted by Crippen LogP contribution is -2.39. The van der Waals surface area contributed by atoms with Crippen LogP contribution in [0.3, 0.4) is 0 Å². The van der Waals surface area contributed by atoms with Gasteiger partial charge in [-0.25, -0.2) is 19.3 Å². The van der Waals surface area contributed by atoms with Crippen LogP contribution < -0.4 is 15.9 Å². The molecule has 4 rings (SSSR count). The molecule has 112 valence electrons. The lowest BCUT2D eigenvalue weighted by molar-refractivity contribution is 0.567. The minimum absolute atomic E-state index is 0.241. The van der Waals surface area contributed by atoms with E-state index in [-0.39, 0.29) is 5.69 Å². The lowest BCUT2D eigenvalue weighted by atomic mass is 10.2. The van der Waals surface area contributed by atoms with Crippen molar-refractivity contribution in [3.05, 3.63) is 22.9 Å². The Morgan fingerprint density at radius 2 is 2.24 bits per heavy atom. The van der Waals surface area contributed by atoms with E-state index >= 15 is 0 Å². The van der Waals surface area contributed by atoms with Gasteiger partial charge >= 0.3 is 5.69 Å². The van der Waals surface area contributed by atoms with Crippen molar-refractivity contribution in [1.29, 1.82) is 0 Å². The molecule has 2 aliphatic rings. The summed E-state index contributed by atoms with van der Waals surface area (Å²) < 4.78 is 1.44. The lowest BCUT2D eigenvalue weighted by Gasteiger charge is -2.26. The topological polar surface area (TPSA) is 78.3 Å². The quantitative estimate of drug-likeness (QED) is 0.832. The highest BCUT2D eigenvalue weighted by Crippen LogP contribution is 2.31. The maximum atomic E-state index is 11.5. The van der Waals surface area contributed by atoms with Gasteiger partial charge in [0.15, 0.2) is 5.65 Å². The SMILES string of the molecule is O=c1[nH]nc2cc(N(CC3CC3)CC3CCCN3)ncn12. The Morgan fingerprint density at radius 3 is 3.00 bits per heavy atom. The van der Waals surface area contributed by atoms with E-state index in [9.17, 15) is 4.79 Å². The average Bonchev–Trinajstić information content (AvgIpc) is 3.02. The zero-order valence-corrected chi connectivity index (χ0v) is 12.0. The summed E-state index contributed by atoms with van der Waals surface area (Å²) >= 11 is 0. The molecule has 1 saturated heterocycles. The predicted octanol–water partition coefficient (Wildman–Crippen LogP) is 0.386. The van der Waals surface area contributed by atoms with Gasteiger partial charge in [-0.2, -0.15) is 5.10 Å². The fourth-order valence-electron chi connectivity index (χ4n) is 3.03. The monoisotopic (exact) mass is 288 g/mol. The van der Waals surface area contributed by atoms with Gasteiger partial charge in [-0.15, -0.1) is 0 Å². The summed E-state index contributed by atoms with van der Waals surface area (Å²) in [5.74, 6) is 1.72. The third kappa shape index (κ3) is 2.65. The minimum Gasteiger partial charge on any atom is -0.355 e. The Morgan fingerprint density at radius 1 is 1.33 bits per heavy atom. The van der Waals surface area contributed by atoms with E-state index in [0.717, 1.165) is 31.4 Å². The summed E-state index contributed by atoms with van der Waals surface area (Å²) in [5, 5.41) is 10.0. The van der Waals surface area contributed by atoms with Gasteiger partial charge in [0.25, 0.3) is 0 Å². The van der Waals surface area contributed by atoms with Crippen LogP contribution in [0, 0.1) is 5.92 Å². The second kappa shape index (κ2) is 5.14. The zero-order valence-electron chi connectivity index (χ0n) is 12.0. The number of aromatic amines is 1. The van der Waals surface area contributed by atoms with E-state index in [2.05, 4.69) is 25.4 Å². The normalized spacial score (nSPS) is 22.0. The maximum Gasteiger partial charge on any atom is 0.348 e. The molecule has 7 nitrogen and oxygen atoms in total. The number of anilines is 1. The molecule has 21 heavy (non-hydrogen) atoms. The molecule has 0 spiro atoms.